The van der Waals surface area contributed by atoms with Crippen molar-refractivity contribution in [1.29, 1.82) is 0 Å². The highest BCUT2D eigenvalue weighted by Crippen LogP contribution is 2.37. The van der Waals surface area contributed by atoms with Crippen LogP contribution in [0.2, 0.25) is 0 Å². The minimum Gasteiger partial charge on any atom is -0.144 e. The SMILES string of the molecule is C=C1C=Cc2c(c(C)c3ccsc3c2C)C1. The Kier molecular flexibility index (Phi) is 2.05. The molecule has 0 unspecified atom stereocenters. The minimum atomic E-state index is 1.00. The maximum Gasteiger partial charge on any atom is 0.0380 e. The predicted octanol–water partition coefficient (Wildman–Crippen LogP) is 4.64. The Bertz CT molecular complexity index is 626. The van der Waals surface area contributed by atoms with Crippen LogP contribution in [0.1, 0.15) is 22.3 Å². The quantitative estimate of drug-likeness (QED) is 0.613. The third-order valence-electron chi connectivity index (χ3n) is 3.48. The minimum absolute atomic E-state index is 1.00. The van der Waals surface area contributed by atoms with Crippen molar-refractivity contribution in [3.8, 4) is 0 Å². The molecule has 3 rings (SSSR count). The van der Waals surface area contributed by atoms with Crippen LogP contribution in [0.15, 0.2) is 29.7 Å². The first-order valence-corrected chi connectivity index (χ1v) is 6.41. The van der Waals surface area contributed by atoms with E-state index in [1.165, 1.54) is 37.9 Å². The molecule has 0 saturated heterocycles. The molecular weight excluding hydrogens is 212 g/mol. The zero-order valence-electron chi connectivity index (χ0n) is 9.63. The summed E-state index contributed by atoms with van der Waals surface area (Å²) >= 11 is 1.85. The normalized spacial score (nSPS) is 14.5. The van der Waals surface area contributed by atoms with Crippen molar-refractivity contribution in [2.24, 2.45) is 0 Å². The van der Waals surface area contributed by atoms with Crippen LogP contribution in [-0.2, 0) is 6.42 Å². The molecule has 0 fully saturated rings. The van der Waals surface area contributed by atoms with Gasteiger partial charge in [-0.1, -0.05) is 24.3 Å². The second kappa shape index (κ2) is 3.33. The van der Waals surface area contributed by atoms with E-state index in [4.69, 9.17) is 0 Å². The van der Waals surface area contributed by atoms with Gasteiger partial charge in [0.15, 0.2) is 0 Å². The Labute approximate surface area is 99.9 Å². The lowest BCUT2D eigenvalue weighted by molar-refractivity contribution is 1.15. The van der Waals surface area contributed by atoms with E-state index < -0.39 is 0 Å². The second-order valence-electron chi connectivity index (χ2n) is 4.47. The lowest BCUT2D eigenvalue weighted by Gasteiger charge is -2.18. The Balaban J connectivity index is 2.47. The van der Waals surface area contributed by atoms with Gasteiger partial charge in [0, 0.05) is 4.70 Å². The first kappa shape index (κ1) is 9.86. The first-order chi connectivity index (χ1) is 7.68. The average Bonchev–Trinajstić information content (AvgIpc) is 2.75. The summed E-state index contributed by atoms with van der Waals surface area (Å²) in [6, 6.07) is 2.24. The van der Waals surface area contributed by atoms with Gasteiger partial charge in [-0.25, -0.2) is 0 Å². The molecule has 0 saturated carbocycles. The molecule has 16 heavy (non-hydrogen) atoms. The summed E-state index contributed by atoms with van der Waals surface area (Å²) in [5.74, 6) is 0. The van der Waals surface area contributed by atoms with Gasteiger partial charge in [-0.2, -0.15) is 0 Å². The van der Waals surface area contributed by atoms with Crippen LogP contribution in [0.3, 0.4) is 0 Å². The zero-order valence-corrected chi connectivity index (χ0v) is 10.4. The van der Waals surface area contributed by atoms with Crippen molar-refractivity contribution in [3.05, 3.63) is 51.9 Å². The number of aryl methyl sites for hydroxylation is 2. The van der Waals surface area contributed by atoms with Gasteiger partial charge >= 0.3 is 0 Å². The van der Waals surface area contributed by atoms with Gasteiger partial charge in [0.05, 0.1) is 0 Å². The highest BCUT2D eigenvalue weighted by molar-refractivity contribution is 7.17. The fraction of sp³-hybridized carbons (Fsp3) is 0.200. The van der Waals surface area contributed by atoms with E-state index in [1.807, 2.05) is 11.3 Å². The van der Waals surface area contributed by atoms with Gasteiger partial charge in [-0.15, -0.1) is 11.3 Å². The summed E-state index contributed by atoms with van der Waals surface area (Å²) < 4.78 is 1.44. The molecule has 1 heterocycles. The molecule has 0 aliphatic heterocycles. The number of benzene rings is 1. The molecule has 1 aromatic carbocycles. The molecule has 1 aliphatic rings. The van der Waals surface area contributed by atoms with Crippen molar-refractivity contribution in [2.75, 3.05) is 0 Å². The summed E-state index contributed by atoms with van der Waals surface area (Å²) in [4.78, 5) is 0. The van der Waals surface area contributed by atoms with Crippen molar-refractivity contribution < 1.29 is 0 Å². The van der Waals surface area contributed by atoms with Crippen LogP contribution < -0.4 is 0 Å². The molecule has 0 amide bonds. The van der Waals surface area contributed by atoms with Gasteiger partial charge in [-0.05, 0) is 59.4 Å². The van der Waals surface area contributed by atoms with Gasteiger partial charge in [0.25, 0.3) is 0 Å². The van der Waals surface area contributed by atoms with Crippen LogP contribution in [0.5, 0.6) is 0 Å². The van der Waals surface area contributed by atoms with Crippen LogP contribution >= 0.6 is 11.3 Å². The molecular formula is C15H14S. The molecule has 2 aromatic rings. The second-order valence-corrected chi connectivity index (χ2v) is 5.39. The maximum absolute atomic E-state index is 4.07. The average molecular weight is 226 g/mol. The van der Waals surface area contributed by atoms with Crippen LogP contribution in [-0.4, -0.2) is 0 Å². The van der Waals surface area contributed by atoms with E-state index in [2.05, 4.69) is 44.0 Å². The molecule has 0 nitrogen and oxygen atoms in total. The highest BCUT2D eigenvalue weighted by Gasteiger charge is 2.16. The number of fused-ring (bicyclic) bond motifs is 2. The number of hydrogen-bond acceptors (Lipinski definition) is 1. The molecule has 0 bridgehead atoms. The number of hydrogen-bond donors (Lipinski definition) is 0. The van der Waals surface area contributed by atoms with Crippen molar-refractivity contribution in [2.45, 2.75) is 20.3 Å². The summed E-state index contributed by atoms with van der Waals surface area (Å²) in [7, 11) is 0. The summed E-state index contributed by atoms with van der Waals surface area (Å²) in [5, 5.41) is 3.61. The Morgan fingerprint density at radius 3 is 2.81 bits per heavy atom. The van der Waals surface area contributed by atoms with Crippen LogP contribution in [0, 0.1) is 13.8 Å². The topological polar surface area (TPSA) is 0 Å². The van der Waals surface area contributed by atoms with E-state index >= 15 is 0 Å². The molecule has 1 aliphatic carbocycles. The fourth-order valence-corrected chi connectivity index (χ4v) is 3.52. The Morgan fingerprint density at radius 1 is 1.19 bits per heavy atom. The lowest BCUT2D eigenvalue weighted by Crippen LogP contribution is -2.02. The van der Waals surface area contributed by atoms with E-state index in [0.29, 0.717) is 0 Å². The third-order valence-corrected chi connectivity index (χ3v) is 4.52. The summed E-state index contributed by atoms with van der Waals surface area (Å²) in [5.41, 5.74) is 6.96. The highest BCUT2D eigenvalue weighted by atomic mass is 32.1. The van der Waals surface area contributed by atoms with E-state index in [1.54, 1.807) is 0 Å². The molecule has 1 aromatic heterocycles. The zero-order chi connectivity index (χ0) is 11.3. The Hall–Kier alpha value is -1.34. The first-order valence-electron chi connectivity index (χ1n) is 5.53. The smallest absolute Gasteiger partial charge is 0.0380 e. The number of rotatable bonds is 0. The molecule has 1 heteroatoms. The maximum atomic E-state index is 4.07. The third kappa shape index (κ3) is 1.21. The summed E-state index contributed by atoms with van der Waals surface area (Å²) in [6.45, 7) is 8.53. The Morgan fingerprint density at radius 2 is 2.00 bits per heavy atom. The molecule has 0 spiro atoms. The summed E-state index contributed by atoms with van der Waals surface area (Å²) in [6.07, 6.45) is 5.38. The molecule has 0 N–H and O–H groups in total. The van der Waals surface area contributed by atoms with Crippen LogP contribution in [0.25, 0.3) is 16.2 Å². The largest absolute Gasteiger partial charge is 0.144 e. The van der Waals surface area contributed by atoms with Crippen molar-refractivity contribution in [3.63, 3.8) is 0 Å². The fourth-order valence-electron chi connectivity index (χ4n) is 2.55. The standard InChI is InChI=1S/C15H14S/c1-9-4-5-12-11(3)15-13(6-7-16-15)10(2)14(12)8-9/h4-7H,1,8H2,2-3H3. The molecule has 80 valence electrons. The van der Waals surface area contributed by atoms with Gasteiger partial charge in [0.1, 0.15) is 0 Å². The van der Waals surface area contributed by atoms with E-state index in [-0.39, 0.29) is 0 Å². The van der Waals surface area contributed by atoms with Crippen LogP contribution in [0.4, 0.5) is 0 Å². The lowest BCUT2D eigenvalue weighted by atomic mass is 9.87. The molecule has 0 atom stereocenters. The van der Waals surface area contributed by atoms with Gasteiger partial charge < -0.3 is 0 Å². The number of allylic oxidation sites excluding steroid dienone is 2. The van der Waals surface area contributed by atoms with E-state index in [0.717, 1.165) is 6.42 Å². The monoisotopic (exact) mass is 226 g/mol. The van der Waals surface area contributed by atoms with Crippen molar-refractivity contribution >= 4 is 27.5 Å². The predicted molar refractivity (Wildman–Crippen MR) is 73.2 cm³/mol. The van der Waals surface area contributed by atoms with E-state index in [9.17, 15) is 0 Å². The molecule has 0 radical (unpaired) electrons. The van der Waals surface area contributed by atoms with Gasteiger partial charge in [-0.3, -0.25) is 0 Å². The number of thiophene rings is 1. The van der Waals surface area contributed by atoms with Gasteiger partial charge in [0.2, 0.25) is 0 Å². The van der Waals surface area contributed by atoms with Crippen molar-refractivity contribution in [1.82, 2.24) is 0 Å².